The van der Waals surface area contributed by atoms with E-state index in [1.54, 1.807) is 6.07 Å². The van der Waals surface area contributed by atoms with Gasteiger partial charge < -0.3 is 25.8 Å². The number of aromatic hydroxyl groups is 2. The van der Waals surface area contributed by atoms with Crippen LogP contribution in [0.15, 0.2) is 22.7 Å². The smallest absolute Gasteiger partial charge is 0.292 e. The van der Waals surface area contributed by atoms with Crippen LogP contribution in [0.25, 0.3) is 0 Å². The molecule has 1 unspecified atom stereocenters. The molecular formula is C12H14N4O4. The van der Waals surface area contributed by atoms with E-state index in [4.69, 9.17) is 10.3 Å². The fourth-order valence-electron chi connectivity index (χ4n) is 1.63. The molecule has 106 valence electrons. The Morgan fingerprint density at radius 2 is 2.20 bits per heavy atom. The number of nitrogens with one attached hydrogen (secondary N) is 1. The molecule has 0 aliphatic carbocycles. The minimum absolute atomic E-state index is 0.0912. The van der Waals surface area contributed by atoms with Gasteiger partial charge in [0.1, 0.15) is 0 Å². The van der Waals surface area contributed by atoms with Crippen molar-refractivity contribution in [2.45, 2.75) is 12.5 Å². The summed E-state index contributed by atoms with van der Waals surface area (Å²) in [6.45, 7) is 0. The molecule has 8 nitrogen and oxygen atoms in total. The molecule has 8 heteroatoms. The van der Waals surface area contributed by atoms with Crippen molar-refractivity contribution in [1.82, 2.24) is 15.5 Å². The van der Waals surface area contributed by atoms with Gasteiger partial charge >= 0.3 is 0 Å². The molecular weight excluding hydrogens is 264 g/mol. The first-order valence-corrected chi connectivity index (χ1v) is 5.83. The summed E-state index contributed by atoms with van der Waals surface area (Å²) < 4.78 is 4.92. The third-order valence-electron chi connectivity index (χ3n) is 2.68. The van der Waals surface area contributed by atoms with E-state index in [0.29, 0.717) is 12.0 Å². The number of amides is 1. The van der Waals surface area contributed by atoms with Crippen LogP contribution in [0.1, 0.15) is 28.1 Å². The fourth-order valence-corrected chi connectivity index (χ4v) is 1.63. The molecule has 1 aromatic heterocycles. The van der Waals surface area contributed by atoms with Gasteiger partial charge in [-0.15, -0.1) is 0 Å². The zero-order valence-corrected chi connectivity index (χ0v) is 10.7. The highest BCUT2D eigenvalue weighted by Crippen LogP contribution is 2.26. The lowest BCUT2D eigenvalue weighted by Gasteiger charge is -2.07. The van der Waals surface area contributed by atoms with Crippen LogP contribution in [-0.4, -0.2) is 33.3 Å². The second kappa shape index (κ2) is 5.57. The zero-order chi connectivity index (χ0) is 14.7. The summed E-state index contributed by atoms with van der Waals surface area (Å²) in [5.74, 6) is -0.870. The number of phenolic OH excluding ortho intramolecular Hbond substituents is 2. The maximum atomic E-state index is 11.3. The average Bonchev–Trinajstić information content (AvgIpc) is 2.92. The van der Waals surface area contributed by atoms with E-state index in [1.165, 1.54) is 19.2 Å². The Labute approximate surface area is 114 Å². The summed E-state index contributed by atoms with van der Waals surface area (Å²) in [6.07, 6.45) is 0.309. The first kappa shape index (κ1) is 13.8. The summed E-state index contributed by atoms with van der Waals surface area (Å²) in [4.78, 5) is 15.2. The number of hydrogen-bond donors (Lipinski definition) is 4. The van der Waals surface area contributed by atoms with E-state index < -0.39 is 11.9 Å². The molecule has 0 saturated carbocycles. The fraction of sp³-hybridized carbons (Fsp3) is 0.250. The van der Waals surface area contributed by atoms with Crippen molar-refractivity contribution in [3.05, 3.63) is 35.5 Å². The van der Waals surface area contributed by atoms with Crippen molar-refractivity contribution in [3.63, 3.8) is 0 Å². The van der Waals surface area contributed by atoms with Crippen LogP contribution in [0.3, 0.4) is 0 Å². The molecule has 1 atom stereocenters. The number of carbonyl (C=O) groups excluding carboxylic acids is 1. The average molecular weight is 278 g/mol. The normalized spacial score (nSPS) is 12.1. The monoisotopic (exact) mass is 278 g/mol. The molecule has 0 aliphatic heterocycles. The van der Waals surface area contributed by atoms with Crippen LogP contribution in [0.5, 0.6) is 11.5 Å². The Hall–Kier alpha value is -2.61. The molecule has 5 N–H and O–H groups in total. The molecule has 0 fully saturated rings. The Bertz CT molecular complexity index is 626. The second-order valence-electron chi connectivity index (χ2n) is 4.17. The highest BCUT2D eigenvalue weighted by Gasteiger charge is 2.19. The third-order valence-corrected chi connectivity index (χ3v) is 2.68. The van der Waals surface area contributed by atoms with Gasteiger partial charge in [-0.3, -0.25) is 4.79 Å². The minimum Gasteiger partial charge on any atom is -0.504 e. The lowest BCUT2D eigenvalue weighted by molar-refractivity contribution is 0.0950. The van der Waals surface area contributed by atoms with Gasteiger partial charge in [0.2, 0.25) is 5.89 Å². The molecule has 1 amide bonds. The number of nitrogens with two attached hydrogens (primary N) is 1. The minimum atomic E-state index is -0.621. The maximum absolute atomic E-state index is 11.3. The molecule has 1 heterocycles. The second-order valence-corrected chi connectivity index (χ2v) is 4.17. The Morgan fingerprint density at radius 3 is 2.85 bits per heavy atom. The van der Waals surface area contributed by atoms with Gasteiger partial charge in [-0.2, -0.15) is 4.98 Å². The number of aromatic nitrogens is 2. The third kappa shape index (κ3) is 2.86. The van der Waals surface area contributed by atoms with Crippen LogP contribution in [0.4, 0.5) is 0 Å². The van der Waals surface area contributed by atoms with Gasteiger partial charge in [0.15, 0.2) is 11.5 Å². The first-order valence-electron chi connectivity index (χ1n) is 5.83. The van der Waals surface area contributed by atoms with Gasteiger partial charge in [-0.25, -0.2) is 0 Å². The number of rotatable bonds is 4. The summed E-state index contributed by atoms with van der Waals surface area (Å²) in [5, 5.41) is 24.5. The molecule has 0 spiro atoms. The Kier molecular flexibility index (Phi) is 3.85. The topological polar surface area (TPSA) is 134 Å². The van der Waals surface area contributed by atoms with Crippen LogP contribution in [0, 0.1) is 0 Å². The SMILES string of the molecule is CNC(=O)c1noc(C(N)Cc2ccc(O)c(O)c2)n1. The van der Waals surface area contributed by atoms with Crippen molar-refractivity contribution >= 4 is 5.91 Å². The van der Waals surface area contributed by atoms with Crippen molar-refractivity contribution in [2.24, 2.45) is 5.73 Å². The number of phenols is 2. The van der Waals surface area contributed by atoms with Gasteiger partial charge in [0, 0.05) is 7.05 Å². The van der Waals surface area contributed by atoms with Crippen molar-refractivity contribution in [1.29, 1.82) is 0 Å². The van der Waals surface area contributed by atoms with E-state index in [9.17, 15) is 15.0 Å². The van der Waals surface area contributed by atoms with Crippen LogP contribution >= 0.6 is 0 Å². The highest BCUT2D eigenvalue weighted by atomic mass is 16.5. The van der Waals surface area contributed by atoms with Crippen molar-refractivity contribution in [3.8, 4) is 11.5 Å². The Morgan fingerprint density at radius 1 is 1.45 bits per heavy atom. The van der Waals surface area contributed by atoms with Crippen molar-refractivity contribution in [2.75, 3.05) is 7.05 Å². The van der Waals surface area contributed by atoms with E-state index in [0.717, 1.165) is 0 Å². The number of carbonyl (C=O) groups is 1. The van der Waals surface area contributed by atoms with Gasteiger partial charge in [0.25, 0.3) is 11.7 Å². The molecule has 20 heavy (non-hydrogen) atoms. The molecule has 1 aromatic carbocycles. The van der Waals surface area contributed by atoms with E-state index in [2.05, 4.69) is 15.5 Å². The summed E-state index contributed by atoms with van der Waals surface area (Å²) in [7, 11) is 1.46. The molecule has 0 radical (unpaired) electrons. The maximum Gasteiger partial charge on any atom is 0.292 e. The number of hydrogen-bond acceptors (Lipinski definition) is 7. The van der Waals surface area contributed by atoms with Crippen LogP contribution in [-0.2, 0) is 6.42 Å². The summed E-state index contributed by atoms with van der Waals surface area (Å²) in [6, 6.07) is 3.75. The van der Waals surface area contributed by atoms with Crippen molar-refractivity contribution < 1.29 is 19.5 Å². The van der Waals surface area contributed by atoms with E-state index >= 15 is 0 Å². The molecule has 2 rings (SSSR count). The van der Waals surface area contributed by atoms with E-state index in [1.807, 2.05) is 0 Å². The largest absolute Gasteiger partial charge is 0.504 e. The van der Waals surface area contributed by atoms with Crippen LogP contribution < -0.4 is 11.1 Å². The van der Waals surface area contributed by atoms with Gasteiger partial charge in [0.05, 0.1) is 6.04 Å². The quantitative estimate of drug-likeness (QED) is 0.582. The molecule has 0 saturated heterocycles. The lowest BCUT2D eigenvalue weighted by Crippen LogP contribution is -2.20. The van der Waals surface area contributed by atoms with Gasteiger partial charge in [-0.05, 0) is 24.1 Å². The summed E-state index contributed by atoms with van der Waals surface area (Å²) >= 11 is 0. The number of nitrogens with zero attached hydrogens (tertiary/aromatic N) is 2. The number of benzene rings is 1. The zero-order valence-electron chi connectivity index (χ0n) is 10.7. The highest BCUT2D eigenvalue weighted by molar-refractivity contribution is 5.89. The van der Waals surface area contributed by atoms with E-state index in [-0.39, 0.29) is 23.2 Å². The molecule has 0 bridgehead atoms. The predicted octanol–water partition coefficient (Wildman–Crippen LogP) is 0.0829. The first-order chi connectivity index (χ1) is 9.51. The molecule has 2 aromatic rings. The van der Waals surface area contributed by atoms with Gasteiger partial charge in [-0.1, -0.05) is 11.2 Å². The standard InChI is InChI=1S/C12H14N4O4/c1-14-11(19)10-15-12(20-16-10)7(13)4-6-2-3-8(17)9(18)5-6/h2-3,5,7,17-18H,4,13H2,1H3,(H,14,19). The van der Waals surface area contributed by atoms with Crippen LogP contribution in [0.2, 0.25) is 0 Å². The predicted molar refractivity (Wildman–Crippen MR) is 68.1 cm³/mol. The Balaban J connectivity index is 2.11. The molecule has 0 aliphatic rings. The summed E-state index contributed by atoms with van der Waals surface area (Å²) in [5.41, 5.74) is 6.59. The lowest BCUT2D eigenvalue weighted by atomic mass is 10.1.